The highest BCUT2D eigenvalue weighted by Crippen LogP contribution is 2.44. The molecule has 0 amide bonds. The average Bonchev–Trinajstić information content (AvgIpc) is 3.91. The van der Waals surface area contributed by atoms with Crippen LogP contribution in [0.2, 0.25) is 0 Å². The van der Waals surface area contributed by atoms with Gasteiger partial charge in [0.2, 0.25) is 0 Å². The average molecular weight is 725 g/mol. The molecular weight excluding hydrogens is 697 g/mol. The van der Waals surface area contributed by atoms with E-state index in [2.05, 4.69) is 133 Å². The summed E-state index contributed by atoms with van der Waals surface area (Å²) in [7, 11) is 0. The van der Waals surface area contributed by atoms with E-state index in [0.29, 0.717) is 16.9 Å². The molecule has 0 saturated carbocycles. The van der Waals surface area contributed by atoms with Crippen LogP contribution in [0.25, 0.3) is 103 Å². The lowest BCUT2D eigenvalue weighted by molar-refractivity contribution is 1.16. The SMILES string of the molecule is [C-]#[N+]c1cc(-c2cccc(C#N)c2-n2c3ccccc3c3c(-n4c5ccccc5c5cc([N+]#[C-])ccc54)cccc32)cc(-n2c3ccccc3c3ccccc32)c1. The summed E-state index contributed by atoms with van der Waals surface area (Å²) in [6.07, 6.45) is 0. The Morgan fingerprint density at radius 3 is 1.67 bits per heavy atom. The fourth-order valence-electron chi connectivity index (χ4n) is 8.97. The second-order valence-electron chi connectivity index (χ2n) is 14.2. The molecule has 3 heterocycles. The van der Waals surface area contributed by atoms with Gasteiger partial charge in [0, 0.05) is 38.2 Å². The van der Waals surface area contributed by atoms with Crippen molar-refractivity contribution >= 4 is 76.8 Å². The molecule has 3 aromatic heterocycles. The molecule has 0 aliphatic rings. The van der Waals surface area contributed by atoms with Crippen LogP contribution >= 0.6 is 0 Å². The summed E-state index contributed by atoms with van der Waals surface area (Å²) < 4.78 is 6.75. The van der Waals surface area contributed by atoms with Crippen molar-refractivity contribution in [2.45, 2.75) is 0 Å². The number of hydrogen-bond donors (Lipinski definition) is 0. The molecule has 0 saturated heterocycles. The van der Waals surface area contributed by atoms with Crippen molar-refractivity contribution in [3.05, 3.63) is 198 Å². The Hall–Kier alpha value is -8.37. The Kier molecular flexibility index (Phi) is 6.95. The van der Waals surface area contributed by atoms with Gasteiger partial charge in [-0.15, -0.1) is 0 Å². The third kappa shape index (κ3) is 4.61. The van der Waals surface area contributed by atoms with Crippen LogP contribution < -0.4 is 0 Å². The highest BCUT2D eigenvalue weighted by Gasteiger charge is 2.23. The maximum atomic E-state index is 10.8. The molecule has 57 heavy (non-hydrogen) atoms. The van der Waals surface area contributed by atoms with Gasteiger partial charge in [-0.25, -0.2) is 9.69 Å². The van der Waals surface area contributed by atoms with Crippen LogP contribution in [0, 0.1) is 24.5 Å². The van der Waals surface area contributed by atoms with E-state index in [-0.39, 0.29) is 0 Å². The van der Waals surface area contributed by atoms with Gasteiger partial charge in [0.1, 0.15) is 6.07 Å². The molecule has 0 aliphatic carbocycles. The second-order valence-corrected chi connectivity index (χ2v) is 14.2. The zero-order chi connectivity index (χ0) is 38.2. The zero-order valence-electron chi connectivity index (χ0n) is 30.3. The first kappa shape index (κ1) is 32.1. The van der Waals surface area contributed by atoms with E-state index in [9.17, 15) is 5.26 Å². The van der Waals surface area contributed by atoms with E-state index in [1.807, 2.05) is 66.7 Å². The van der Waals surface area contributed by atoms with Crippen LogP contribution in [0.15, 0.2) is 170 Å². The van der Waals surface area contributed by atoms with Crippen LogP contribution in [0.1, 0.15) is 5.56 Å². The minimum atomic E-state index is 0.509. The number of fused-ring (bicyclic) bond motifs is 9. The Morgan fingerprint density at radius 1 is 0.439 bits per heavy atom. The molecule has 11 rings (SSSR count). The lowest BCUT2D eigenvalue weighted by atomic mass is 9.98. The minimum Gasteiger partial charge on any atom is -0.310 e. The molecule has 0 radical (unpaired) electrons. The summed E-state index contributed by atoms with van der Waals surface area (Å²) >= 11 is 0. The van der Waals surface area contributed by atoms with Crippen LogP contribution in [-0.4, -0.2) is 13.7 Å². The number of nitrogens with zero attached hydrogens (tertiary/aromatic N) is 6. The normalized spacial score (nSPS) is 11.5. The monoisotopic (exact) mass is 724 g/mol. The molecular formula is C51H28N6. The topological polar surface area (TPSA) is 47.3 Å². The molecule has 0 N–H and O–H groups in total. The quantitative estimate of drug-likeness (QED) is 0.167. The third-order valence-electron chi connectivity index (χ3n) is 11.3. The van der Waals surface area contributed by atoms with Gasteiger partial charge in [-0.3, -0.25) is 0 Å². The summed E-state index contributed by atoms with van der Waals surface area (Å²) in [5, 5.41) is 17.3. The largest absolute Gasteiger partial charge is 0.310 e. The van der Waals surface area contributed by atoms with Gasteiger partial charge >= 0.3 is 0 Å². The Bertz CT molecular complexity index is 3580. The summed E-state index contributed by atoms with van der Waals surface area (Å²) in [6.45, 7) is 15.9. The second kappa shape index (κ2) is 12.3. The van der Waals surface area contributed by atoms with Crippen LogP contribution in [0.4, 0.5) is 11.4 Å². The van der Waals surface area contributed by atoms with Gasteiger partial charge in [-0.05, 0) is 83.7 Å². The fraction of sp³-hybridized carbons (Fsp3) is 0. The zero-order valence-corrected chi connectivity index (χ0v) is 30.3. The summed E-state index contributed by atoms with van der Waals surface area (Å²) in [5.74, 6) is 0. The molecule has 262 valence electrons. The van der Waals surface area contributed by atoms with Gasteiger partial charge in [0.25, 0.3) is 0 Å². The number of aromatic nitrogens is 3. The molecule has 0 fully saturated rings. The van der Waals surface area contributed by atoms with Crippen LogP contribution in [0.5, 0.6) is 0 Å². The molecule has 6 heteroatoms. The maximum Gasteiger partial charge on any atom is 0.189 e. The van der Waals surface area contributed by atoms with Gasteiger partial charge < -0.3 is 13.7 Å². The molecule has 0 aliphatic heterocycles. The van der Waals surface area contributed by atoms with E-state index in [0.717, 1.165) is 93.6 Å². The number of hydrogen-bond acceptors (Lipinski definition) is 1. The first-order chi connectivity index (χ1) is 28.2. The van der Waals surface area contributed by atoms with Crippen molar-refractivity contribution in [3.8, 4) is 34.3 Å². The van der Waals surface area contributed by atoms with Gasteiger partial charge in [0.05, 0.1) is 63.2 Å². The number of rotatable bonds is 4. The Morgan fingerprint density at radius 2 is 1.00 bits per heavy atom. The van der Waals surface area contributed by atoms with Crippen molar-refractivity contribution in [3.63, 3.8) is 0 Å². The number of para-hydroxylation sites is 5. The maximum absolute atomic E-state index is 10.8. The lowest BCUT2D eigenvalue weighted by Crippen LogP contribution is -2.02. The predicted molar refractivity (Wildman–Crippen MR) is 232 cm³/mol. The minimum absolute atomic E-state index is 0.509. The highest BCUT2D eigenvalue weighted by molar-refractivity contribution is 6.17. The van der Waals surface area contributed by atoms with Crippen molar-refractivity contribution in [1.29, 1.82) is 5.26 Å². The van der Waals surface area contributed by atoms with E-state index in [1.54, 1.807) is 0 Å². The molecule has 11 aromatic rings. The first-order valence-electron chi connectivity index (χ1n) is 18.6. The van der Waals surface area contributed by atoms with Gasteiger partial charge in [-0.2, -0.15) is 5.26 Å². The molecule has 0 spiro atoms. The van der Waals surface area contributed by atoms with E-state index < -0.39 is 0 Å². The third-order valence-corrected chi connectivity index (χ3v) is 11.3. The molecule has 6 nitrogen and oxygen atoms in total. The fourth-order valence-corrected chi connectivity index (χ4v) is 8.97. The highest BCUT2D eigenvalue weighted by atomic mass is 15.0. The van der Waals surface area contributed by atoms with Crippen molar-refractivity contribution in [2.75, 3.05) is 0 Å². The molecule has 8 aromatic carbocycles. The summed E-state index contributed by atoms with van der Waals surface area (Å²) in [4.78, 5) is 7.71. The molecule has 0 bridgehead atoms. The van der Waals surface area contributed by atoms with E-state index >= 15 is 0 Å². The standard InChI is InChI=1S/C51H28N6/c1-53-34-25-26-47-42(30-34)40-16-5-9-21-45(40)56(47)48-23-12-24-49-50(48)41-17-6-10-22-46(41)57(49)51-32(31-52)13-11-18-37(51)33-27-35(54-2)29-36(28-33)55-43-19-7-3-14-38(43)39-15-4-8-20-44(39)55/h3-30H. The predicted octanol–water partition coefficient (Wildman–Crippen LogP) is 13.6. The van der Waals surface area contributed by atoms with E-state index in [4.69, 9.17) is 13.1 Å². The molecule has 0 atom stereocenters. The molecule has 0 unspecified atom stereocenters. The summed E-state index contributed by atoms with van der Waals surface area (Å²) in [5.41, 5.74) is 12.0. The van der Waals surface area contributed by atoms with Crippen LogP contribution in [-0.2, 0) is 0 Å². The van der Waals surface area contributed by atoms with Crippen molar-refractivity contribution in [2.24, 2.45) is 0 Å². The number of nitriles is 1. The van der Waals surface area contributed by atoms with Gasteiger partial charge in [-0.1, -0.05) is 97.1 Å². The van der Waals surface area contributed by atoms with Crippen LogP contribution in [0.3, 0.4) is 0 Å². The van der Waals surface area contributed by atoms with Crippen molar-refractivity contribution < 1.29 is 0 Å². The Balaban J connectivity index is 1.22. The van der Waals surface area contributed by atoms with E-state index in [1.165, 1.54) is 0 Å². The Labute approximate surface area is 327 Å². The summed E-state index contributed by atoms with van der Waals surface area (Å²) in [6, 6.07) is 60.1. The van der Waals surface area contributed by atoms with Gasteiger partial charge in [0.15, 0.2) is 11.4 Å². The van der Waals surface area contributed by atoms with Crippen molar-refractivity contribution in [1.82, 2.24) is 13.7 Å². The first-order valence-corrected chi connectivity index (χ1v) is 18.6. The number of benzene rings is 8. The smallest absolute Gasteiger partial charge is 0.189 e. The lowest BCUT2D eigenvalue weighted by Gasteiger charge is -2.18.